The highest BCUT2D eigenvalue weighted by Crippen LogP contribution is 2.25. The number of benzene rings is 1. The first-order chi connectivity index (χ1) is 10.2. The van der Waals surface area contributed by atoms with Gasteiger partial charge in [0.1, 0.15) is 5.60 Å². The Morgan fingerprint density at radius 2 is 2.05 bits per heavy atom. The second-order valence-corrected chi connectivity index (χ2v) is 6.50. The summed E-state index contributed by atoms with van der Waals surface area (Å²) in [5, 5.41) is 12.2. The van der Waals surface area contributed by atoms with Crippen molar-refractivity contribution in [2.24, 2.45) is 0 Å². The maximum absolute atomic E-state index is 11.6. The zero-order valence-electron chi connectivity index (χ0n) is 13.1. The number of ether oxygens (including phenoxy) is 1. The van der Waals surface area contributed by atoms with Crippen LogP contribution in [0.2, 0.25) is 5.02 Å². The van der Waals surface area contributed by atoms with Gasteiger partial charge >= 0.3 is 12.1 Å². The highest BCUT2D eigenvalue weighted by Gasteiger charge is 2.18. The van der Waals surface area contributed by atoms with E-state index < -0.39 is 17.7 Å². The molecule has 0 heterocycles. The topological polar surface area (TPSA) is 75.6 Å². The second-order valence-electron chi connectivity index (χ2n) is 6.07. The standard InChI is InChI=1S/C16H22ClNO4/c1-16(2,3)22-15(21)18-8-7-12(10-14(19)20)11-5-4-6-13(17)9-11/h4-6,9,12H,7-8,10H2,1-3H3,(H,18,21)(H,19,20)/t12-/m0/s1. The summed E-state index contributed by atoms with van der Waals surface area (Å²) in [6.45, 7) is 5.68. The van der Waals surface area contributed by atoms with Crippen molar-refractivity contribution in [2.45, 2.75) is 45.1 Å². The maximum atomic E-state index is 11.6. The third kappa shape index (κ3) is 7.31. The number of nitrogens with one attached hydrogen (secondary N) is 1. The lowest BCUT2D eigenvalue weighted by Crippen LogP contribution is -2.33. The van der Waals surface area contributed by atoms with Gasteiger partial charge in [-0.3, -0.25) is 4.79 Å². The predicted molar refractivity (Wildman–Crippen MR) is 85.3 cm³/mol. The van der Waals surface area contributed by atoms with Gasteiger partial charge in [-0.1, -0.05) is 23.7 Å². The van der Waals surface area contributed by atoms with Gasteiger partial charge in [-0.15, -0.1) is 0 Å². The fraction of sp³-hybridized carbons (Fsp3) is 0.500. The number of carboxylic acid groups (broad SMARTS) is 1. The fourth-order valence-corrected chi connectivity index (χ4v) is 2.22. The normalized spacial score (nSPS) is 12.5. The zero-order valence-corrected chi connectivity index (χ0v) is 13.8. The molecular weight excluding hydrogens is 306 g/mol. The summed E-state index contributed by atoms with van der Waals surface area (Å²) >= 11 is 5.95. The first kappa shape index (κ1) is 18.3. The van der Waals surface area contributed by atoms with E-state index in [-0.39, 0.29) is 12.3 Å². The highest BCUT2D eigenvalue weighted by atomic mass is 35.5. The number of carboxylic acids is 1. The van der Waals surface area contributed by atoms with Crippen LogP contribution in [0.1, 0.15) is 45.1 Å². The summed E-state index contributed by atoms with van der Waals surface area (Å²) in [6.07, 6.45) is -0.0324. The molecule has 0 aliphatic rings. The molecule has 0 fully saturated rings. The van der Waals surface area contributed by atoms with E-state index in [1.54, 1.807) is 39.0 Å². The number of alkyl carbamates (subject to hydrolysis) is 1. The first-order valence-corrected chi connectivity index (χ1v) is 7.49. The molecule has 0 unspecified atom stereocenters. The van der Waals surface area contributed by atoms with Crippen LogP contribution in [-0.4, -0.2) is 29.3 Å². The number of hydrogen-bond donors (Lipinski definition) is 2. The van der Waals surface area contributed by atoms with Crippen molar-refractivity contribution < 1.29 is 19.4 Å². The van der Waals surface area contributed by atoms with Gasteiger partial charge in [0.05, 0.1) is 6.42 Å². The molecule has 0 bridgehead atoms. The summed E-state index contributed by atoms with van der Waals surface area (Å²) in [7, 11) is 0. The Hall–Kier alpha value is -1.75. The van der Waals surface area contributed by atoms with E-state index in [4.69, 9.17) is 21.4 Å². The van der Waals surface area contributed by atoms with E-state index in [9.17, 15) is 9.59 Å². The Labute approximate surface area is 135 Å². The molecule has 0 aliphatic heterocycles. The molecule has 0 aromatic heterocycles. The molecule has 1 atom stereocenters. The smallest absolute Gasteiger partial charge is 0.407 e. The number of hydrogen-bond acceptors (Lipinski definition) is 3. The van der Waals surface area contributed by atoms with Crippen molar-refractivity contribution >= 4 is 23.7 Å². The van der Waals surface area contributed by atoms with E-state index in [2.05, 4.69) is 5.32 Å². The van der Waals surface area contributed by atoms with Crippen molar-refractivity contribution in [1.82, 2.24) is 5.32 Å². The van der Waals surface area contributed by atoms with Crippen molar-refractivity contribution in [3.63, 3.8) is 0 Å². The molecule has 1 aromatic rings. The van der Waals surface area contributed by atoms with Crippen molar-refractivity contribution in [1.29, 1.82) is 0 Å². The summed E-state index contributed by atoms with van der Waals surface area (Å²) in [5.74, 6) is -1.10. The van der Waals surface area contributed by atoms with E-state index >= 15 is 0 Å². The molecule has 1 amide bonds. The molecule has 0 aliphatic carbocycles. The number of aliphatic carboxylic acids is 1. The van der Waals surface area contributed by atoms with Gasteiger partial charge in [0.15, 0.2) is 0 Å². The molecule has 122 valence electrons. The van der Waals surface area contributed by atoms with Crippen LogP contribution in [0, 0.1) is 0 Å². The Balaban J connectivity index is 2.60. The van der Waals surface area contributed by atoms with Crippen LogP contribution in [0.25, 0.3) is 0 Å². The van der Waals surface area contributed by atoms with Crippen molar-refractivity contribution in [2.75, 3.05) is 6.54 Å². The van der Waals surface area contributed by atoms with Crippen LogP contribution in [0.5, 0.6) is 0 Å². The van der Waals surface area contributed by atoms with E-state index in [0.717, 1.165) is 5.56 Å². The van der Waals surface area contributed by atoms with E-state index in [1.807, 2.05) is 6.07 Å². The lowest BCUT2D eigenvalue weighted by molar-refractivity contribution is -0.137. The van der Waals surface area contributed by atoms with E-state index in [1.165, 1.54) is 0 Å². The minimum absolute atomic E-state index is 0.0175. The van der Waals surface area contributed by atoms with Crippen molar-refractivity contribution in [3.05, 3.63) is 34.9 Å². The molecule has 1 aromatic carbocycles. The summed E-state index contributed by atoms with van der Waals surface area (Å²) < 4.78 is 5.14. The molecule has 5 nitrogen and oxygen atoms in total. The Kier molecular flexibility index (Phi) is 6.68. The summed E-state index contributed by atoms with van der Waals surface area (Å²) in [5.41, 5.74) is 0.290. The van der Waals surface area contributed by atoms with Gasteiger partial charge < -0.3 is 15.2 Å². The van der Waals surface area contributed by atoms with Gasteiger partial charge in [-0.05, 0) is 50.8 Å². The van der Waals surface area contributed by atoms with Gasteiger partial charge in [0, 0.05) is 11.6 Å². The van der Waals surface area contributed by atoms with Crippen LogP contribution in [0.15, 0.2) is 24.3 Å². The van der Waals surface area contributed by atoms with E-state index in [0.29, 0.717) is 18.0 Å². The van der Waals surface area contributed by atoms with Crippen LogP contribution >= 0.6 is 11.6 Å². The minimum Gasteiger partial charge on any atom is -0.481 e. The van der Waals surface area contributed by atoms with Crippen LogP contribution < -0.4 is 5.32 Å². The fourth-order valence-electron chi connectivity index (χ4n) is 2.02. The molecule has 6 heteroatoms. The molecule has 22 heavy (non-hydrogen) atoms. The maximum Gasteiger partial charge on any atom is 0.407 e. The molecule has 0 radical (unpaired) electrons. The second kappa shape index (κ2) is 8.03. The number of carbonyl (C=O) groups excluding carboxylic acids is 1. The zero-order chi connectivity index (χ0) is 16.8. The van der Waals surface area contributed by atoms with Gasteiger partial charge in [-0.2, -0.15) is 0 Å². The molecule has 0 saturated heterocycles. The summed E-state index contributed by atoms with van der Waals surface area (Å²) in [4.78, 5) is 22.6. The molecule has 0 spiro atoms. The lowest BCUT2D eigenvalue weighted by Gasteiger charge is -2.20. The molecular formula is C16H22ClNO4. The first-order valence-electron chi connectivity index (χ1n) is 7.11. The minimum atomic E-state index is -0.887. The number of carbonyl (C=O) groups is 2. The van der Waals surface area contributed by atoms with Gasteiger partial charge in [-0.25, -0.2) is 4.79 Å². The average Bonchev–Trinajstić information content (AvgIpc) is 2.35. The Morgan fingerprint density at radius 1 is 1.36 bits per heavy atom. The van der Waals surface area contributed by atoms with Gasteiger partial charge in [0.25, 0.3) is 0 Å². The quantitative estimate of drug-likeness (QED) is 0.833. The molecule has 0 saturated carbocycles. The number of rotatable bonds is 6. The van der Waals surface area contributed by atoms with Crippen LogP contribution in [0.4, 0.5) is 4.79 Å². The van der Waals surface area contributed by atoms with Crippen molar-refractivity contribution in [3.8, 4) is 0 Å². The largest absolute Gasteiger partial charge is 0.481 e. The Morgan fingerprint density at radius 3 is 2.59 bits per heavy atom. The van der Waals surface area contributed by atoms with Crippen LogP contribution in [0.3, 0.4) is 0 Å². The number of amides is 1. The third-order valence-corrected chi connectivity index (χ3v) is 3.14. The third-order valence-electron chi connectivity index (χ3n) is 2.90. The lowest BCUT2D eigenvalue weighted by atomic mass is 9.92. The Bertz CT molecular complexity index is 525. The molecule has 2 N–H and O–H groups in total. The SMILES string of the molecule is CC(C)(C)OC(=O)NCC[C@@H](CC(=O)O)c1cccc(Cl)c1. The predicted octanol–water partition coefficient (Wildman–Crippen LogP) is 3.81. The van der Waals surface area contributed by atoms with Gasteiger partial charge in [0.2, 0.25) is 0 Å². The summed E-state index contributed by atoms with van der Waals surface area (Å²) in [6, 6.07) is 7.12. The van der Waals surface area contributed by atoms with Crippen LogP contribution in [-0.2, 0) is 9.53 Å². The number of halogens is 1. The highest BCUT2D eigenvalue weighted by molar-refractivity contribution is 6.30. The monoisotopic (exact) mass is 327 g/mol. The molecule has 1 rings (SSSR count). The average molecular weight is 328 g/mol.